The van der Waals surface area contributed by atoms with Gasteiger partial charge in [-0.3, -0.25) is 4.79 Å². The van der Waals surface area contributed by atoms with Crippen molar-refractivity contribution < 1.29 is 11.0 Å². The molecular formula is C12H19NO2. The minimum Gasteiger partial charge on any atom is -0.497 e. The van der Waals surface area contributed by atoms with Crippen LogP contribution < -0.4 is 10.1 Å². The molecule has 0 unspecified atom stereocenters. The van der Waals surface area contributed by atoms with Crippen LogP contribution in [0.4, 0.5) is 0 Å². The van der Waals surface area contributed by atoms with E-state index in [9.17, 15) is 4.79 Å². The summed E-state index contributed by atoms with van der Waals surface area (Å²) in [7, 11) is 1.63. The summed E-state index contributed by atoms with van der Waals surface area (Å²) in [5.74, 6) is 0.933. The van der Waals surface area contributed by atoms with Crippen LogP contribution in [0.3, 0.4) is 0 Å². The predicted octanol–water partition coefficient (Wildman–Crippen LogP) is 2.21. The number of nitrogens with one attached hydrogen (secondary N) is 1. The molecule has 15 heavy (non-hydrogen) atoms. The Bertz CT molecular complexity index is 322. The van der Waals surface area contributed by atoms with Crippen LogP contribution >= 0.6 is 0 Å². The van der Waals surface area contributed by atoms with Crippen molar-refractivity contribution in [1.29, 1.82) is 0 Å². The van der Waals surface area contributed by atoms with Gasteiger partial charge in [-0.15, -0.1) is 0 Å². The minimum atomic E-state index is 0. The Morgan fingerprint density at radius 2 is 2.00 bits per heavy atom. The third kappa shape index (κ3) is 3.62. The van der Waals surface area contributed by atoms with Crippen LogP contribution in [-0.2, 0) is 11.3 Å². The molecule has 0 atom stereocenters. The van der Waals surface area contributed by atoms with E-state index in [0.29, 0.717) is 6.54 Å². The zero-order valence-electron chi connectivity index (χ0n) is 9.41. The van der Waals surface area contributed by atoms with Crippen molar-refractivity contribution in [2.45, 2.75) is 20.4 Å². The smallest absolute Gasteiger partial charge is 0.222 e. The largest absolute Gasteiger partial charge is 0.497 e. The molecule has 1 N–H and O–H groups in total. The maximum Gasteiger partial charge on any atom is 0.222 e. The monoisotopic (exact) mass is 209 g/mol. The standard InChI is InChI=1S/C12H17NO2.H2/c1-9(2)12(14)13-8-10-4-6-11(15-3)7-5-10;/h4-7,9H,8H2,1-3H3,(H,13,14);1H. The predicted molar refractivity (Wildman–Crippen MR) is 61.8 cm³/mol. The number of carbonyl (C=O) groups excluding carboxylic acids is 1. The molecule has 0 aliphatic rings. The molecule has 0 bridgehead atoms. The Hall–Kier alpha value is -1.51. The van der Waals surface area contributed by atoms with Crippen molar-refractivity contribution >= 4 is 5.91 Å². The number of rotatable bonds is 4. The topological polar surface area (TPSA) is 38.3 Å². The third-order valence-corrected chi connectivity index (χ3v) is 2.15. The van der Waals surface area contributed by atoms with E-state index in [4.69, 9.17) is 4.74 Å². The maximum atomic E-state index is 11.3. The number of benzene rings is 1. The van der Waals surface area contributed by atoms with E-state index in [0.717, 1.165) is 11.3 Å². The Morgan fingerprint density at radius 3 is 2.47 bits per heavy atom. The van der Waals surface area contributed by atoms with Crippen molar-refractivity contribution in [3.05, 3.63) is 29.8 Å². The number of hydrogen-bond acceptors (Lipinski definition) is 2. The summed E-state index contributed by atoms with van der Waals surface area (Å²) < 4.78 is 5.05. The first-order valence-electron chi connectivity index (χ1n) is 5.04. The molecule has 3 heteroatoms. The molecule has 3 nitrogen and oxygen atoms in total. The molecule has 0 heterocycles. The van der Waals surface area contributed by atoms with Gasteiger partial charge in [-0.2, -0.15) is 0 Å². The van der Waals surface area contributed by atoms with Crippen molar-refractivity contribution in [2.24, 2.45) is 5.92 Å². The highest BCUT2D eigenvalue weighted by atomic mass is 16.5. The van der Waals surface area contributed by atoms with Gasteiger partial charge in [0.15, 0.2) is 0 Å². The van der Waals surface area contributed by atoms with Crippen LogP contribution in [0.2, 0.25) is 0 Å². The molecule has 0 spiro atoms. The van der Waals surface area contributed by atoms with Gasteiger partial charge in [0.25, 0.3) is 0 Å². The molecule has 0 saturated carbocycles. The lowest BCUT2D eigenvalue weighted by Crippen LogP contribution is -2.26. The van der Waals surface area contributed by atoms with Crippen LogP contribution in [-0.4, -0.2) is 13.0 Å². The quantitative estimate of drug-likeness (QED) is 0.825. The number of amides is 1. The van der Waals surface area contributed by atoms with Gasteiger partial charge < -0.3 is 10.1 Å². The van der Waals surface area contributed by atoms with Crippen molar-refractivity contribution in [2.75, 3.05) is 7.11 Å². The number of ether oxygens (including phenoxy) is 1. The van der Waals surface area contributed by atoms with E-state index in [1.807, 2.05) is 38.1 Å². The second kappa shape index (κ2) is 5.39. The second-order valence-corrected chi connectivity index (χ2v) is 3.72. The molecule has 84 valence electrons. The zero-order chi connectivity index (χ0) is 11.3. The summed E-state index contributed by atoms with van der Waals surface area (Å²) >= 11 is 0. The van der Waals surface area contributed by atoms with E-state index in [2.05, 4.69) is 5.32 Å². The third-order valence-electron chi connectivity index (χ3n) is 2.15. The average Bonchev–Trinajstić information content (AvgIpc) is 2.26. The number of methoxy groups -OCH3 is 1. The highest BCUT2D eigenvalue weighted by molar-refractivity contribution is 5.77. The lowest BCUT2D eigenvalue weighted by Gasteiger charge is -2.08. The van der Waals surface area contributed by atoms with Crippen molar-refractivity contribution in [3.63, 3.8) is 0 Å². The van der Waals surface area contributed by atoms with Crippen molar-refractivity contribution in [3.8, 4) is 5.75 Å². The van der Waals surface area contributed by atoms with Gasteiger partial charge in [0.1, 0.15) is 5.75 Å². The van der Waals surface area contributed by atoms with E-state index < -0.39 is 0 Å². The Morgan fingerprint density at radius 1 is 1.40 bits per heavy atom. The summed E-state index contributed by atoms with van der Waals surface area (Å²) in [6.07, 6.45) is 0. The molecule has 1 aromatic rings. The fourth-order valence-electron chi connectivity index (χ4n) is 1.14. The lowest BCUT2D eigenvalue weighted by atomic mass is 10.2. The SMILES string of the molecule is COc1ccc(CNC(=O)C(C)C)cc1.[HH]. The summed E-state index contributed by atoms with van der Waals surface area (Å²) in [6, 6.07) is 7.66. The summed E-state index contributed by atoms with van der Waals surface area (Å²) in [5.41, 5.74) is 1.07. The van der Waals surface area contributed by atoms with Gasteiger partial charge >= 0.3 is 0 Å². The normalized spacial score (nSPS) is 10.1. The van der Waals surface area contributed by atoms with Crippen LogP contribution in [0.1, 0.15) is 20.8 Å². The average molecular weight is 209 g/mol. The van der Waals surface area contributed by atoms with Crippen LogP contribution in [0.15, 0.2) is 24.3 Å². The molecule has 0 radical (unpaired) electrons. The first-order chi connectivity index (χ1) is 7.13. The van der Waals surface area contributed by atoms with Crippen molar-refractivity contribution in [1.82, 2.24) is 5.32 Å². The Kier molecular flexibility index (Phi) is 4.16. The Balaban J connectivity index is 0.00000225. The fraction of sp³-hybridized carbons (Fsp3) is 0.417. The van der Waals surface area contributed by atoms with Crippen LogP contribution in [0.5, 0.6) is 5.75 Å². The minimum absolute atomic E-state index is 0. The van der Waals surface area contributed by atoms with E-state index >= 15 is 0 Å². The molecule has 0 aliphatic carbocycles. The fourth-order valence-corrected chi connectivity index (χ4v) is 1.14. The molecule has 1 aromatic carbocycles. The zero-order valence-corrected chi connectivity index (χ0v) is 9.41. The summed E-state index contributed by atoms with van der Waals surface area (Å²) in [5, 5.41) is 2.86. The van der Waals surface area contributed by atoms with E-state index in [1.54, 1.807) is 7.11 Å². The molecule has 1 amide bonds. The first kappa shape index (κ1) is 11.6. The molecule has 0 saturated heterocycles. The highest BCUT2D eigenvalue weighted by Crippen LogP contribution is 2.10. The van der Waals surface area contributed by atoms with E-state index in [-0.39, 0.29) is 13.3 Å². The summed E-state index contributed by atoms with van der Waals surface area (Å²) in [4.78, 5) is 11.3. The number of carbonyl (C=O) groups is 1. The number of hydrogen-bond donors (Lipinski definition) is 1. The molecule has 1 rings (SSSR count). The van der Waals surface area contributed by atoms with Crippen LogP contribution in [0, 0.1) is 5.92 Å². The van der Waals surface area contributed by atoms with E-state index in [1.165, 1.54) is 0 Å². The van der Waals surface area contributed by atoms with Gasteiger partial charge in [-0.05, 0) is 17.7 Å². The lowest BCUT2D eigenvalue weighted by molar-refractivity contribution is -0.124. The van der Waals surface area contributed by atoms with Crippen LogP contribution in [0.25, 0.3) is 0 Å². The Labute approximate surface area is 91.9 Å². The van der Waals surface area contributed by atoms with Gasteiger partial charge in [0.2, 0.25) is 5.91 Å². The van der Waals surface area contributed by atoms with Gasteiger partial charge in [0.05, 0.1) is 7.11 Å². The maximum absolute atomic E-state index is 11.3. The van der Waals surface area contributed by atoms with Gasteiger partial charge in [-0.25, -0.2) is 0 Å². The van der Waals surface area contributed by atoms with Gasteiger partial charge in [0, 0.05) is 13.9 Å². The molecule has 0 fully saturated rings. The second-order valence-electron chi connectivity index (χ2n) is 3.72. The summed E-state index contributed by atoms with van der Waals surface area (Å²) in [6.45, 7) is 4.33. The molecular weight excluding hydrogens is 190 g/mol. The highest BCUT2D eigenvalue weighted by Gasteiger charge is 2.05. The van der Waals surface area contributed by atoms with Gasteiger partial charge in [-0.1, -0.05) is 26.0 Å². The first-order valence-corrected chi connectivity index (χ1v) is 5.04. The molecule has 0 aliphatic heterocycles. The molecule has 0 aromatic heterocycles.